The molecule has 31 heavy (non-hydrogen) atoms. The summed E-state index contributed by atoms with van der Waals surface area (Å²) in [7, 11) is 0. The first-order valence-electron chi connectivity index (χ1n) is 8.58. The fourth-order valence-corrected chi connectivity index (χ4v) is 3.43. The highest BCUT2D eigenvalue weighted by Crippen LogP contribution is 2.35. The topological polar surface area (TPSA) is 123 Å². The van der Waals surface area contributed by atoms with Gasteiger partial charge in [-0.05, 0) is 25.1 Å². The van der Waals surface area contributed by atoms with Crippen LogP contribution in [0.5, 0.6) is 0 Å². The number of aromatic nitrogens is 3. The van der Waals surface area contributed by atoms with Gasteiger partial charge in [0.2, 0.25) is 0 Å². The highest BCUT2D eigenvalue weighted by atomic mass is 35.5. The lowest BCUT2D eigenvalue weighted by Gasteiger charge is -2.11. The van der Waals surface area contributed by atoms with Crippen molar-refractivity contribution in [2.75, 3.05) is 11.1 Å². The Morgan fingerprint density at radius 2 is 1.94 bits per heavy atom. The minimum atomic E-state index is -4.69. The Bertz CT molecular complexity index is 1140. The first-order valence-corrected chi connectivity index (χ1v) is 9.77. The van der Waals surface area contributed by atoms with E-state index in [1.165, 1.54) is 12.3 Å². The van der Waals surface area contributed by atoms with Crippen LogP contribution in [0.1, 0.15) is 43.7 Å². The van der Waals surface area contributed by atoms with Crippen LogP contribution in [-0.2, 0) is 6.18 Å². The third-order valence-electron chi connectivity index (χ3n) is 3.87. The van der Waals surface area contributed by atoms with E-state index >= 15 is 0 Å². The van der Waals surface area contributed by atoms with Crippen molar-refractivity contribution in [1.29, 1.82) is 0 Å². The molecule has 0 unspecified atom stereocenters. The second kappa shape index (κ2) is 8.86. The number of alkyl halides is 3. The van der Waals surface area contributed by atoms with Crippen LogP contribution in [0, 0.1) is 0 Å². The van der Waals surface area contributed by atoms with Gasteiger partial charge in [0.05, 0.1) is 22.8 Å². The Kier molecular flexibility index (Phi) is 6.41. The molecule has 1 atom stereocenters. The molecule has 0 spiro atoms. The Hall–Kier alpha value is -3.25. The molecular weight excluding hydrogens is 457 g/mol. The van der Waals surface area contributed by atoms with E-state index in [1.807, 2.05) is 0 Å². The maximum atomic E-state index is 13.0. The minimum absolute atomic E-state index is 0.114. The number of hydrogen-bond acceptors (Lipinski definition) is 7. The van der Waals surface area contributed by atoms with Crippen molar-refractivity contribution >= 4 is 46.4 Å². The summed E-state index contributed by atoms with van der Waals surface area (Å²) >= 11 is 6.48. The van der Waals surface area contributed by atoms with Crippen LogP contribution in [0.3, 0.4) is 0 Å². The van der Waals surface area contributed by atoms with Crippen molar-refractivity contribution in [3.8, 4) is 0 Å². The Morgan fingerprint density at radius 3 is 2.61 bits per heavy atom. The zero-order chi connectivity index (χ0) is 22.8. The zero-order valence-electron chi connectivity index (χ0n) is 15.7. The SMILES string of the molecule is C[C@@H](NC(=O)c1cccc(N)n1)c1ncc(C(=O)Nc2cc(C(F)(F)F)c(Cl)cn2)s1. The summed E-state index contributed by atoms with van der Waals surface area (Å²) in [5.74, 6) is -1.31. The van der Waals surface area contributed by atoms with Gasteiger partial charge < -0.3 is 16.4 Å². The summed E-state index contributed by atoms with van der Waals surface area (Å²) in [6.45, 7) is 1.65. The number of halogens is 4. The van der Waals surface area contributed by atoms with E-state index in [-0.39, 0.29) is 22.2 Å². The average Bonchev–Trinajstić information content (AvgIpc) is 3.19. The summed E-state index contributed by atoms with van der Waals surface area (Å²) in [6.07, 6.45) is -2.64. The molecule has 3 heterocycles. The van der Waals surface area contributed by atoms with E-state index in [0.717, 1.165) is 17.5 Å². The number of anilines is 2. The molecule has 0 fully saturated rings. The molecule has 3 rings (SSSR count). The third kappa shape index (κ3) is 5.47. The smallest absolute Gasteiger partial charge is 0.384 e. The number of nitrogens with zero attached hydrogens (tertiary/aromatic N) is 3. The largest absolute Gasteiger partial charge is 0.418 e. The van der Waals surface area contributed by atoms with Crippen LogP contribution in [0.4, 0.5) is 24.8 Å². The Labute approximate surface area is 182 Å². The maximum absolute atomic E-state index is 13.0. The van der Waals surface area contributed by atoms with E-state index in [2.05, 4.69) is 25.6 Å². The second-order valence-electron chi connectivity index (χ2n) is 6.21. The molecule has 3 aromatic rings. The van der Waals surface area contributed by atoms with Crippen LogP contribution in [0.2, 0.25) is 5.02 Å². The lowest BCUT2D eigenvalue weighted by molar-refractivity contribution is -0.137. The van der Waals surface area contributed by atoms with Crippen molar-refractivity contribution < 1.29 is 22.8 Å². The maximum Gasteiger partial charge on any atom is 0.418 e. The summed E-state index contributed by atoms with van der Waals surface area (Å²) in [5.41, 5.74) is 4.57. The number of amides is 2. The van der Waals surface area contributed by atoms with Gasteiger partial charge in [-0.25, -0.2) is 15.0 Å². The number of pyridine rings is 2. The van der Waals surface area contributed by atoms with E-state index in [0.29, 0.717) is 11.1 Å². The van der Waals surface area contributed by atoms with Gasteiger partial charge in [0.15, 0.2) is 0 Å². The number of hydrogen-bond donors (Lipinski definition) is 3. The molecule has 0 radical (unpaired) electrons. The first kappa shape index (κ1) is 22.4. The van der Waals surface area contributed by atoms with Gasteiger partial charge in [-0.15, -0.1) is 11.3 Å². The van der Waals surface area contributed by atoms with Crippen molar-refractivity contribution in [3.05, 3.63) is 62.8 Å². The third-order valence-corrected chi connectivity index (χ3v) is 5.35. The number of nitrogens with one attached hydrogen (secondary N) is 2. The van der Waals surface area contributed by atoms with E-state index < -0.39 is 34.6 Å². The van der Waals surface area contributed by atoms with Crippen LogP contribution >= 0.6 is 22.9 Å². The number of nitrogen functional groups attached to an aromatic ring is 1. The highest BCUT2D eigenvalue weighted by molar-refractivity contribution is 7.13. The fourth-order valence-electron chi connectivity index (χ4n) is 2.41. The molecule has 0 saturated heterocycles. The molecule has 0 aromatic carbocycles. The second-order valence-corrected chi connectivity index (χ2v) is 7.68. The van der Waals surface area contributed by atoms with Crippen LogP contribution in [0.15, 0.2) is 36.7 Å². The van der Waals surface area contributed by atoms with Gasteiger partial charge in [0.25, 0.3) is 11.8 Å². The standard InChI is InChI=1S/C18H14ClF3N6O2S/c1-8(26-15(29)11-3-2-4-13(23)27-11)17-25-7-12(31-17)16(30)28-14-5-9(18(20,21)22)10(19)6-24-14/h2-8H,1H3,(H2,23,27)(H,26,29)(H,24,28,30)/t8-/m1/s1. The zero-order valence-corrected chi connectivity index (χ0v) is 17.3. The van der Waals surface area contributed by atoms with Crippen molar-refractivity contribution in [1.82, 2.24) is 20.3 Å². The molecule has 0 aliphatic rings. The summed E-state index contributed by atoms with van der Waals surface area (Å²) in [5, 5.41) is 4.78. The molecule has 0 bridgehead atoms. The number of rotatable bonds is 5. The molecule has 0 aliphatic heterocycles. The van der Waals surface area contributed by atoms with Crippen LogP contribution in [-0.4, -0.2) is 26.8 Å². The number of carbonyl (C=O) groups excluding carboxylic acids is 2. The fraction of sp³-hybridized carbons (Fsp3) is 0.167. The lowest BCUT2D eigenvalue weighted by atomic mass is 10.2. The molecule has 3 aromatic heterocycles. The van der Waals surface area contributed by atoms with Gasteiger partial charge in [-0.2, -0.15) is 13.2 Å². The highest BCUT2D eigenvalue weighted by Gasteiger charge is 2.34. The average molecular weight is 471 g/mol. The van der Waals surface area contributed by atoms with Gasteiger partial charge in [-0.1, -0.05) is 17.7 Å². The molecule has 13 heteroatoms. The predicted octanol–water partition coefficient (Wildman–Crippen LogP) is 3.93. The number of nitrogens with two attached hydrogens (primary N) is 1. The molecule has 0 saturated carbocycles. The number of carbonyl (C=O) groups is 2. The van der Waals surface area contributed by atoms with Crippen LogP contribution < -0.4 is 16.4 Å². The lowest BCUT2D eigenvalue weighted by Crippen LogP contribution is -2.27. The normalized spacial score (nSPS) is 12.3. The van der Waals surface area contributed by atoms with E-state index in [9.17, 15) is 22.8 Å². The molecular formula is C18H14ClF3N6O2S. The summed E-state index contributed by atoms with van der Waals surface area (Å²) in [6, 6.07) is 4.70. The van der Waals surface area contributed by atoms with Gasteiger partial charge in [0.1, 0.15) is 27.2 Å². The molecule has 4 N–H and O–H groups in total. The van der Waals surface area contributed by atoms with Crippen molar-refractivity contribution in [2.45, 2.75) is 19.1 Å². The van der Waals surface area contributed by atoms with Gasteiger partial charge >= 0.3 is 6.18 Å². The van der Waals surface area contributed by atoms with Crippen LogP contribution in [0.25, 0.3) is 0 Å². The molecule has 2 amide bonds. The van der Waals surface area contributed by atoms with E-state index in [1.54, 1.807) is 19.1 Å². The molecule has 162 valence electrons. The summed E-state index contributed by atoms with van der Waals surface area (Å²) < 4.78 is 38.9. The van der Waals surface area contributed by atoms with Crippen molar-refractivity contribution in [3.63, 3.8) is 0 Å². The molecule has 8 nitrogen and oxygen atoms in total. The minimum Gasteiger partial charge on any atom is -0.384 e. The number of thiazole rings is 1. The Morgan fingerprint density at radius 1 is 1.19 bits per heavy atom. The summed E-state index contributed by atoms with van der Waals surface area (Å²) in [4.78, 5) is 36.4. The van der Waals surface area contributed by atoms with E-state index in [4.69, 9.17) is 17.3 Å². The van der Waals surface area contributed by atoms with Gasteiger partial charge in [0, 0.05) is 6.20 Å². The van der Waals surface area contributed by atoms with Gasteiger partial charge in [-0.3, -0.25) is 9.59 Å². The molecule has 0 aliphatic carbocycles. The monoisotopic (exact) mass is 470 g/mol. The first-order chi connectivity index (χ1) is 14.5. The predicted molar refractivity (Wildman–Crippen MR) is 109 cm³/mol. The Balaban J connectivity index is 1.69. The quantitative estimate of drug-likeness (QED) is 0.519. The van der Waals surface area contributed by atoms with Crippen molar-refractivity contribution in [2.24, 2.45) is 0 Å².